The molecule has 1 saturated heterocycles. The average molecular weight is 261 g/mol. The first-order chi connectivity index (χ1) is 8.31. The summed E-state index contributed by atoms with van der Waals surface area (Å²) < 4.78 is 38.0. The summed E-state index contributed by atoms with van der Waals surface area (Å²) in [6.45, 7) is 1.46. The van der Waals surface area contributed by atoms with Crippen LogP contribution in [0.1, 0.15) is 19.3 Å². The number of hydrogen-bond donors (Lipinski definition) is 1. The highest BCUT2D eigenvalue weighted by Gasteiger charge is 2.41. The second-order valence-corrected chi connectivity index (χ2v) is 5.27. The fourth-order valence-corrected chi connectivity index (χ4v) is 2.62. The van der Waals surface area contributed by atoms with Crippen molar-refractivity contribution in [3.05, 3.63) is 23.8 Å². The van der Waals surface area contributed by atoms with Crippen LogP contribution >= 0.6 is 0 Å². The van der Waals surface area contributed by atoms with Gasteiger partial charge in [0.05, 0.1) is 11.2 Å². The Hall–Kier alpha value is -0.810. The predicted molar refractivity (Wildman–Crippen MR) is 63.1 cm³/mol. The van der Waals surface area contributed by atoms with Crippen molar-refractivity contribution in [3.63, 3.8) is 0 Å². The van der Waals surface area contributed by atoms with Gasteiger partial charge in [-0.2, -0.15) is 13.2 Å². The zero-order chi connectivity index (χ0) is 13.4. The fraction of sp³-hybridized carbons (Fsp3) is 0.692. The molecular formula is C13H18F3NO. The Labute approximate surface area is 105 Å². The van der Waals surface area contributed by atoms with Gasteiger partial charge in [-0.15, -0.1) is 0 Å². The summed E-state index contributed by atoms with van der Waals surface area (Å²) in [5.74, 6) is -0.423. The van der Waals surface area contributed by atoms with Crippen LogP contribution in [0.15, 0.2) is 23.8 Å². The lowest BCUT2D eigenvalue weighted by atomic mass is 9.75. The van der Waals surface area contributed by atoms with Crippen molar-refractivity contribution in [2.45, 2.75) is 31.0 Å². The number of halogens is 3. The third-order valence-electron chi connectivity index (χ3n) is 3.94. The Bertz CT molecular complexity index is 365. The number of nitrogens with zero attached hydrogens (tertiary/aromatic N) is 1. The highest BCUT2D eigenvalue weighted by Crippen LogP contribution is 2.38. The number of likely N-dealkylation sites (tertiary alicyclic amines) is 1. The van der Waals surface area contributed by atoms with E-state index in [1.165, 1.54) is 12.2 Å². The lowest BCUT2D eigenvalue weighted by Gasteiger charge is -2.41. The molecule has 1 aliphatic carbocycles. The van der Waals surface area contributed by atoms with Crippen molar-refractivity contribution in [1.82, 2.24) is 4.90 Å². The predicted octanol–water partition coefficient (Wildman–Crippen LogP) is 2.51. The summed E-state index contributed by atoms with van der Waals surface area (Å²) in [7, 11) is 1.96. The topological polar surface area (TPSA) is 23.5 Å². The monoisotopic (exact) mass is 261 g/mol. The number of aliphatic hydroxyl groups is 1. The molecule has 2 rings (SSSR count). The van der Waals surface area contributed by atoms with Gasteiger partial charge in [-0.1, -0.05) is 18.2 Å². The fourth-order valence-electron chi connectivity index (χ4n) is 2.62. The van der Waals surface area contributed by atoms with Crippen LogP contribution in [0.25, 0.3) is 0 Å². The molecule has 0 aromatic rings. The van der Waals surface area contributed by atoms with E-state index in [9.17, 15) is 18.3 Å². The molecule has 0 aromatic heterocycles. The second-order valence-electron chi connectivity index (χ2n) is 5.27. The van der Waals surface area contributed by atoms with Gasteiger partial charge in [0.2, 0.25) is 0 Å². The molecule has 5 heteroatoms. The number of alkyl halides is 3. The molecule has 0 saturated carbocycles. The first-order valence-corrected chi connectivity index (χ1v) is 6.18. The molecule has 1 aliphatic heterocycles. The van der Waals surface area contributed by atoms with E-state index < -0.39 is 23.3 Å². The smallest absolute Gasteiger partial charge is 0.389 e. The Morgan fingerprint density at radius 3 is 2.50 bits per heavy atom. The Balaban J connectivity index is 2.14. The molecule has 102 valence electrons. The van der Waals surface area contributed by atoms with E-state index in [1.807, 2.05) is 7.05 Å². The van der Waals surface area contributed by atoms with Crippen molar-refractivity contribution in [3.8, 4) is 0 Å². The first-order valence-electron chi connectivity index (χ1n) is 6.18. The summed E-state index contributed by atoms with van der Waals surface area (Å²) >= 11 is 0. The minimum atomic E-state index is -4.32. The van der Waals surface area contributed by atoms with E-state index in [1.54, 1.807) is 0 Å². The van der Waals surface area contributed by atoms with Gasteiger partial charge in [-0.05, 0) is 26.3 Å². The Kier molecular flexibility index (Phi) is 3.56. The zero-order valence-electron chi connectivity index (χ0n) is 10.4. The van der Waals surface area contributed by atoms with Crippen LogP contribution in [0.3, 0.4) is 0 Å². The van der Waals surface area contributed by atoms with Gasteiger partial charge in [-0.3, -0.25) is 0 Å². The van der Waals surface area contributed by atoms with Crippen LogP contribution in [0.2, 0.25) is 0 Å². The second kappa shape index (κ2) is 4.70. The van der Waals surface area contributed by atoms with Crippen molar-refractivity contribution >= 4 is 0 Å². The Morgan fingerprint density at radius 1 is 1.33 bits per heavy atom. The van der Waals surface area contributed by atoms with E-state index in [2.05, 4.69) is 4.90 Å². The molecule has 2 nitrogen and oxygen atoms in total. The van der Waals surface area contributed by atoms with E-state index in [0.29, 0.717) is 19.3 Å². The van der Waals surface area contributed by atoms with Gasteiger partial charge >= 0.3 is 6.18 Å². The van der Waals surface area contributed by atoms with Crippen molar-refractivity contribution in [2.24, 2.45) is 5.92 Å². The molecular weight excluding hydrogens is 243 g/mol. The summed E-state index contributed by atoms with van der Waals surface area (Å²) in [5, 5.41) is 10.5. The quantitative estimate of drug-likeness (QED) is 0.784. The minimum absolute atomic E-state index is 0.423. The number of hydrogen-bond acceptors (Lipinski definition) is 2. The van der Waals surface area contributed by atoms with Crippen molar-refractivity contribution in [2.75, 3.05) is 20.1 Å². The van der Waals surface area contributed by atoms with E-state index >= 15 is 0 Å². The number of allylic oxidation sites excluding steroid dienone is 3. The van der Waals surface area contributed by atoms with Gasteiger partial charge in [0, 0.05) is 19.0 Å². The molecule has 0 bridgehead atoms. The SMILES string of the molecule is CN1CCC(O)(C2C=C(C(F)(F)F)C=CC2)CC1. The molecule has 18 heavy (non-hydrogen) atoms. The van der Waals surface area contributed by atoms with Crippen LogP contribution < -0.4 is 0 Å². The normalized spacial score (nSPS) is 29.2. The maximum absolute atomic E-state index is 12.7. The first kappa shape index (κ1) is 13.6. The van der Waals surface area contributed by atoms with E-state index in [-0.39, 0.29) is 0 Å². The lowest BCUT2D eigenvalue weighted by Crippen LogP contribution is -2.47. The molecule has 0 amide bonds. The molecule has 1 fully saturated rings. The summed E-state index contributed by atoms with van der Waals surface area (Å²) in [5.41, 5.74) is -1.63. The van der Waals surface area contributed by atoms with Gasteiger partial charge < -0.3 is 10.0 Å². The molecule has 1 atom stereocenters. The number of piperidine rings is 1. The third kappa shape index (κ3) is 2.78. The van der Waals surface area contributed by atoms with Crippen LogP contribution in [0, 0.1) is 5.92 Å². The zero-order valence-corrected chi connectivity index (χ0v) is 10.4. The highest BCUT2D eigenvalue weighted by atomic mass is 19.4. The summed E-state index contributed by atoms with van der Waals surface area (Å²) in [4.78, 5) is 2.08. The van der Waals surface area contributed by atoms with Crippen molar-refractivity contribution in [1.29, 1.82) is 0 Å². The van der Waals surface area contributed by atoms with Gasteiger partial charge in [-0.25, -0.2) is 0 Å². The van der Waals surface area contributed by atoms with Gasteiger partial charge in [0.25, 0.3) is 0 Å². The van der Waals surface area contributed by atoms with Gasteiger partial charge in [0.1, 0.15) is 0 Å². The maximum atomic E-state index is 12.7. The number of rotatable bonds is 1. The highest BCUT2D eigenvalue weighted by molar-refractivity contribution is 5.29. The molecule has 0 radical (unpaired) electrons. The largest absolute Gasteiger partial charge is 0.416 e. The maximum Gasteiger partial charge on any atom is 0.416 e. The van der Waals surface area contributed by atoms with Gasteiger partial charge in [0.15, 0.2) is 0 Å². The molecule has 1 heterocycles. The molecule has 0 aromatic carbocycles. The summed E-state index contributed by atoms with van der Waals surface area (Å²) in [6, 6.07) is 0. The Morgan fingerprint density at radius 2 is 1.94 bits per heavy atom. The van der Waals surface area contributed by atoms with Crippen LogP contribution in [0.5, 0.6) is 0 Å². The minimum Gasteiger partial charge on any atom is -0.389 e. The molecule has 0 spiro atoms. The average Bonchev–Trinajstić information content (AvgIpc) is 2.32. The molecule has 1 N–H and O–H groups in total. The third-order valence-corrected chi connectivity index (χ3v) is 3.94. The standard InChI is InChI=1S/C13H18F3NO/c1-17-7-5-12(18,6-8-17)10-3-2-4-11(9-10)13(14,15)16/h2,4,9-10,18H,3,5-8H2,1H3. The lowest BCUT2D eigenvalue weighted by molar-refractivity contribution is -0.0913. The van der Waals surface area contributed by atoms with E-state index in [4.69, 9.17) is 0 Å². The molecule has 2 aliphatic rings. The van der Waals surface area contributed by atoms with Crippen LogP contribution in [-0.2, 0) is 0 Å². The van der Waals surface area contributed by atoms with Crippen LogP contribution in [-0.4, -0.2) is 41.9 Å². The molecule has 1 unspecified atom stereocenters. The van der Waals surface area contributed by atoms with Crippen LogP contribution in [0.4, 0.5) is 13.2 Å². The summed E-state index contributed by atoms with van der Waals surface area (Å²) in [6.07, 6.45) is 1.05. The van der Waals surface area contributed by atoms with E-state index in [0.717, 1.165) is 19.2 Å². The van der Waals surface area contributed by atoms with Crippen molar-refractivity contribution < 1.29 is 18.3 Å².